The molecule has 0 saturated heterocycles. The predicted octanol–water partition coefficient (Wildman–Crippen LogP) is 3.48. The molecular weight excluding hydrogens is 304 g/mol. The van der Waals surface area contributed by atoms with Crippen molar-refractivity contribution in [3.8, 4) is 0 Å². The van der Waals surface area contributed by atoms with E-state index in [-0.39, 0.29) is 16.8 Å². The smallest absolute Gasteiger partial charge is 0.258 e. The van der Waals surface area contributed by atoms with Crippen LogP contribution in [0.25, 0.3) is 0 Å². The van der Waals surface area contributed by atoms with Crippen molar-refractivity contribution >= 4 is 17.3 Å². The first-order valence-electron chi connectivity index (χ1n) is 6.49. The van der Waals surface area contributed by atoms with Crippen LogP contribution in [0.15, 0.2) is 61.2 Å². The predicted molar refractivity (Wildman–Crippen MR) is 81.8 cm³/mol. The summed E-state index contributed by atoms with van der Waals surface area (Å²) >= 11 is 5.89. The van der Waals surface area contributed by atoms with Crippen molar-refractivity contribution in [3.05, 3.63) is 87.4 Å². The van der Waals surface area contributed by atoms with Gasteiger partial charge in [-0.2, -0.15) is 5.10 Å². The number of halogens is 1. The van der Waals surface area contributed by atoms with Gasteiger partial charge in [-0.1, -0.05) is 48.0 Å². The monoisotopic (exact) mass is 314 g/mol. The molecule has 1 heterocycles. The summed E-state index contributed by atoms with van der Waals surface area (Å²) in [6.45, 7) is 0. The van der Waals surface area contributed by atoms with E-state index < -0.39 is 4.92 Å². The van der Waals surface area contributed by atoms with Crippen LogP contribution in [0.5, 0.6) is 0 Å². The van der Waals surface area contributed by atoms with E-state index in [0.29, 0.717) is 5.56 Å². The van der Waals surface area contributed by atoms with Crippen molar-refractivity contribution in [3.63, 3.8) is 0 Å². The number of hydrogen-bond donors (Lipinski definition) is 0. The van der Waals surface area contributed by atoms with Crippen LogP contribution in [0.1, 0.15) is 17.2 Å². The quantitative estimate of drug-likeness (QED) is 0.546. The molecule has 0 aliphatic heterocycles. The second-order valence-electron chi connectivity index (χ2n) is 4.66. The first kappa shape index (κ1) is 14.2. The summed E-state index contributed by atoms with van der Waals surface area (Å²) in [5, 5.41) is 15.4. The minimum absolute atomic E-state index is 0.110. The Morgan fingerprint density at radius 2 is 1.91 bits per heavy atom. The number of hydrogen-bond acceptors (Lipinski definition) is 4. The summed E-state index contributed by atoms with van der Waals surface area (Å²) < 4.78 is 1.66. The van der Waals surface area contributed by atoms with Crippen LogP contribution in [0, 0.1) is 10.1 Å². The maximum atomic E-state index is 11.1. The molecule has 1 atom stereocenters. The highest BCUT2D eigenvalue weighted by Crippen LogP contribution is 2.32. The third-order valence-electron chi connectivity index (χ3n) is 3.30. The molecule has 2 aromatic carbocycles. The minimum atomic E-state index is -0.491. The molecule has 0 N–H and O–H groups in total. The van der Waals surface area contributed by atoms with Crippen molar-refractivity contribution < 1.29 is 4.92 Å². The normalized spacial score (nSPS) is 12.0. The first-order valence-corrected chi connectivity index (χ1v) is 6.87. The van der Waals surface area contributed by atoms with Crippen molar-refractivity contribution in [1.82, 2.24) is 14.8 Å². The lowest BCUT2D eigenvalue weighted by Crippen LogP contribution is -2.13. The van der Waals surface area contributed by atoms with Crippen molar-refractivity contribution in [2.75, 3.05) is 0 Å². The lowest BCUT2D eigenvalue weighted by molar-refractivity contribution is -0.384. The molecule has 3 aromatic rings. The molecule has 0 aliphatic rings. The van der Waals surface area contributed by atoms with Crippen LogP contribution < -0.4 is 0 Å². The van der Waals surface area contributed by atoms with Crippen LogP contribution in [0.3, 0.4) is 0 Å². The minimum Gasteiger partial charge on any atom is -0.258 e. The maximum Gasteiger partial charge on any atom is 0.288 e. The number of rotatable bonds is 4. The van der Waals surface area contributed by atoms with Gasteiger partial charge in [-0.15, -0.1) is 0 Å². The van der Waals surface area contributed by atoms with Gasteiger partial charge in [-0.3, -0.25) is 10.1 Å². The number of nitro benzene ring substituents is 1. The topological polar surface area (TPSA) is 73.8 Å². The van der Waals surface area contributed by atoms with E-state index in [0.717, 1.165) is 5.56 Å². The zero-order valence-electron chi connectivity index (χ0n) is 11.3. The van der Waals surface area contributed by atoms with Crippen molar-refractivity contribution in [2.45, 2.75) is 6.04 Å². The van der Waals surface area contributed by atoms with Crippen LogP contribution in [0.4, 0.5) is 5.69 Å². The highest BCUT2D eigenvalue weighted by Gasteiger charge is 2.21. The van der Waals surface area contributed by atoms with Crippen molar-refractivity contribution in [2.24, 2.45) is 0 Å². The largest absolute Gasteiger partial charge is 0.288 e. The number of nitrogens with zero attached hydrogens (tertiary/aromatic N) is 4. The van der Waals surface area contributed by atoms with E-state index in [2.05, 4.69) is 10.1 Å². The summed E-state index contributed by atoms with van der Waals surface area (Å²) in [5.74, 6) is 0. The Morgan fingerprint density at radius 3 is 2.55 bits per heavy atom. The van der Waals surface area contributed by atoms with Crippen LogP contribution >= 0.6 is 11.6 Å². The lowest BCUT2D eigenvalue weighted by atomic mass is 9.98. The Kier molecular flexibility index (Phi) is 3.84. The molecule has 110 valence electrons. The molecule has 0 amide bonds. The second kappa shape index (κ2) is 5.95. The molecule has 7 heteroatoms. The summed E-state index contributed by atoms with van der Waals surface area (Å²) in [6.07, 6.45) is 3.01. The third-order valence-corrected chi connectivity index (χ3v) is 3.62. The van der Waals surface area contributed by atoms with Gasteiger partial charge in [0.2, 0.25) is 0 Å². The first-order chi connectivity index (χ1) is 10.7. The molecule has 0 aliphatic carbocycles. The SMILES string of the molecule is O=[N+]([O-])c1cc(C(c2ccccc2)n2cncn2)ccc1Cl. The molecule has 0 saturated carbocycles. The molecule has 6 nitrogen and oxygen atoms in total. The Morgan fingerprint density at radius 1 is 1.14 bits per heavy atom. The van der Waals surface area contributed by atoms with Gasteiger partial charge in [0.1, 0.15) is 23.7 Å². The van der Waals surface area contributed by atoms with Gasteiger partial charge in [0.05, 0.1) is 4.92 Å². The summed E-state index contributed by atoms with van der Waals surface area (Å²) in [6, 6.07) is 14.1. The van der Waals surface area contributed by atoms with Crippen LogP contribution in [0.2, 0.25) is 5.02 Å². The van der Waals surface area contributed by atoms with Gasteiger partial charge < -0.3 is 0 Å². The molecule has 3 rings (SSSR count). The van der Waals surface area contributed by atoms with Gasteiger partial charge in [0, 0.05) is 6.07 Å². The van der Waals surface area contributed by atoms with Crippen LogP contribution in [-0.2, 0) is 0 Å². The van der Waals surface area contributed by atoms with E-state index >= 15 is 0 Å². The van der Waals surface area contributed by atoms with Gasteiger partial charge in [0.15, 0.2) is 0 Å². The van der Waals surface area contributed by atoms with E-state index in [1.807, 2.05) is 30.3 Å². The average molecular weight is 315 g/mol. The zero-order chi connectivity index (χ0) is 15.5. The Hall–Kier alpha value is -2.73. The van der Waals surface area contributed by atoms with E-state index in [9.17, 15) is 10.1 Å². The Labute approximate surface area is 131 Å². The van der Waals surface area contributed by atoms with Gasteiger partial charge in [-0.05, 0) is 17.2 Å². The summed E-state index contributed by atoms with van der Waals surface area (Å²) in [5.41, 5.74) is 1.54. The van der Waals surface area contributed by atoms with E-state index in [4.69, 9.17) is 11.6 Å². The number of aromatic nitrogens is 3. The summed E-state index contributed by atoms with van der Waals surface area (Å²) in [7, 11) is 0. The molecular formula is C15H11ClN4O2. The molecule has 0 fully saturated rings. The fraction of sp³-hybridized carbons (Fsp3) is 0.0667. The molecule has 0 radical (unpaired) electrons. The maximum absolute atomic E-state index is 11.1. The number of nitro groups is 1. The van der Waals surface area contributed by atoms with Gasteiger partial charge in [0.25, 0.3) is 5.69 Å². The fourth-order valence-corrected chi connectivity index (χ4v) is 2.51. The van der Waals surface area contributed by atoms with E-state index in [1.165, 1.54) is 18.5 Å². The third kappa shape index (κ3) is 2.68. The molecule has 1 aromatic heterocycles. The molecule has 1 unspecified atom stereocenters. The summed E-state index contributed by atoms with van der Waals surface area (Å²) in [4.78, 5) is 14.6. The number of benzene rings is 2. The van der Waals surface area contributed by atoms with Gasteiger partial charge in [-0.25, -0.2) is 9.67 Å². The van der Waals surface area contributed by atoms with Crippen molar-refractivity contribution in [1.29, 1.82) is 0 Å². The highest BCUT2D eigenvalue weighted by molar-refractivity contribution is 6.32. The molecule has 0 spiro atoms. The van der Waals surface area contributed by atoms with Gasteiger partial charge >= 0.3 is 0 Å². The Bertz CT molecular complexity index is 791. The Balaban J connectivity index is 2.15. The zero-order valence-corrected chi connectivity index (χ0v) is 12.1. The molecule has 22 heavy (non-hydrogen) atoms. The second-order valence-corrected chi connectivity index (χ2v) is 5.06. The average Bonchev–Trinajstić information content (AvgIpc) is 3.04. The fourth-order valence-electron chi connectivity index (χ4n) is 2.32. The standard InChI is InChI=1S/C15H11ClN4O2/c16-13-7-6-12(8-14(13)20(21)22)15(19-10-17-9-18-19)11-4-2-1-3-5-11/h1-10,15H. The lowest BCUT2D eigenvalue weighted by Gasteiger charge is -2.18. The van der Waals surface area contributed by atoms with Crippen LogP contribution in [-0.4, -0.2) is 19.7 Å². The molecule has 0 bridgehead atoms. The highest BCUT2D eigenvalue weighted by atomic mass is 35.5. The van der Waals surface area contributed by atoms with E-state index in [1.54, 1.807) is 17.1 Å².